The zero-order valence-electron chi connectivity index (χ0n) is 12.2. The summed E-state index contributed by atoms with van der Waals surface area (Å²) in [6.07, 6.45) is 0.482. The molecule has 1 heterocycles. The number of carbonyl (C=O) groups is 1. The first-order valence-electron chi connectivity index (χ1n) is 6.64. The number of carboxylic acids is 1. The van der Waals surface area contributed by atoms with Crippen molar-refractivity contribution in [1.82, 2.24) is 20.2 Å². The fourth-order valence-corrected chi connectivity index (χ4v) is 2.19. The van der Waals surface area contributed by atoms with E-state index in [1.54, 1.807) is 13.0 Å². The Hall–Kier alpha value is -1.95. The van der Waals surface area contributed by atoms with E-state index in [4.69, 9.17) is 11.6 Å². The third kappa shape index (κ3) is 2.90. The first-order chi connectivity index (χ1) is 9.89. The standard InChI is InChI=1S/C14H17ClN4O2/c1-4-14(3,13(20)21)8-19-12(16-17-18-19)10-6-5-7-11(15)9(10)2/h5-7H,4,8H2,1-3H3,(H,20,21). The molecule has 7 heteroatoms. The second-order valence-corrected chi connectivity index (χ2v) is 5.70. The highest BCUT2D eigenvalue weighted by molar-refractivity contribution is 6.31. The summed E-state index contributed by atoms with van der Waals surface area (Å²) in [7, 11) is 0. The molecule has 0 aliphatic carbocycles. The van der Waals surface area contributed by atoms with Crippen LogP contribution in [0, 0.1) is 12.3 Å². The van der Waals surface area contributed by atoms with E-state index in [-0.39, 0.29) is 6.54 Å². The summed E-state index contributed by atoms with van der Waals surface area (Å²) in [6.45, 7) is 5.61. The van der Waals surface area contributed by atoms with Crippen molar-refractivity contribution in [2.45, 2.75) is 33.7 Å². The molecule has 2 aromatic rings. The number of halogens is 1. The summed E-state index contributed by atoms with van der Waals surface area (Å²) >= 11 is 6.12. The number of aliphatic carboxylic acids is 1. The Morgan fingerprint density at radius 2 is 2.19 bits per heavy atom. The lowest BCUT2D eigenvalue weighted by atomic mass is 9.87. The second kappa shape index (κ2) is 5.81. The van der Waals surface area contributed by atoms with Crippen molar-refractivity contribution >= 4 is 17.6 Å². The van der Waals surface area contributed by atoms with Crippen LogP contribution in [0.15, 0.2) is 18.2 Å². The van der Waals surface area contributed by atoms with E-state index >= 15 is 0 Å². The highest BCUT2D eigenvalue weighted by Gasteiger charge is 2.33. The van der Waals surface area contributed by atoms with Gasteiger partial charge in [0.1, 0.15) is 0 Å². The third-order valence-electron chi connectivity index (χ3n) is 3.84. The van der Waals surface area contributed by atoms with Gasteiger partial charge in [0.05, 0.1) is 12.0 Å². The van der Waals surface area contributed by atoms with Crippen molar-refractivity contribution in [3.63, 3.8) is 0 Å². The minimum absolute atomic E-state index is 0.202. The fraction of sp³-hybridized carbons (Fsp3) is 0.429. The molecular weight excluding hydrogens is 292 g/mol. The van der Waals surface area contributed by atoms with Gasteiger partial charge in [0.25, 0.3) is 0 Å². The molecular formula is C14H17ClN4O2. The first kappa shape index (κ1) is 15.4. The van der Waals surface area contributed by atoms with Crippen LogP contribution in [0.1, 0.15) is 25.8 Å². The number of nitrogens with zero attached hydrogens (tertiary/aromatic N) is 4. The second-order valence-electron chi connectivity index (χ2n) is 5.29. The van der Waals surface area contributed by atoms with E-state index in [1.807, 2.05) is 26.0 Å². The van der Waals surface area contributed by atoms with Crippen molar-refractivity contribution in [3.8, 4) is 11.4 Å². The van der Waals surface area contributed by atoms with Crippen LogP contribution in [0.4, 0.5) is 0 Å². The molecule has 1 aromatic carbocycles. The van der Waals surface area contributed by atoms with Crippen LogP contribution in [0.2, 0.25) is 5.02 Å². The third-order valence-corrected chi connectivity index (χ3v) is 4.25. The molecule has 0 aliphatic heterocycles. The van der Waals surface area contributed by atoms with Gasteiger partial charge >= 0.3 is 5.97 Å². The van der Waals surface area contributed by atoms with Crippen molar-refractivity contribution < 1.29 is 9.90 Å². The number of aromatic nitrogens is 4. The van der Waals surface area contributed by atoms with Crippen molar-refractivity contribution in [2.75, 3.05) is 0 Å². The smallest absolute Gasteiger partial charge is 0.311 e. The predicted octanol–water partition coefficient (Wildman–Crippen LogP) is 2.80. The number of hydrogen-bond donors (Lipinski definition) is 1. The highest BCUT2D eigenvalue weighted by atomic mass is 35.5. The lowest BCUT2D eigenvalue weighted by Gasteiger charge is -2.23. The molecule has 1 unspecified atom stereocenters. The fourth-order valence-electron chi connectivity index (χ4n) is 2.01. The molecule has 0 radical (unpaired) electrons. The quantitative estimate of drug-likeness (QED) is 0.918. The predicted molar refractivity (Wildman–Crippen MR) is 79.0 cm³/mol. The van der Waals surface area contributed by atoms with Gasteiger partial charge in [0.15, 0.2) is 5.82 Å². The van der Waals surface area contributed by atoms with Gasteiger partial charge in [-0.1, -0.05) is 30.7 Å². The van der Waals surface area contributed by atoms with Gasteiger partial charge in [0, 0.05) is 10.6 Å². The van der Waals surface area contributed by atoms with Crippen LogP contribution in [-0.4, -0.2) is 31.3 Å². The Morgan fingerprint density at radius 1 is 1.48 bits per heavy atom. The molecule has 1 N–H and O–H groups in total. The molecule has 0 saturated heterocycles. The summed E-state index contributed by atoms with van der Waals surface area (Å²) in [5, 5.41) is 21.6. The van der Waals surface area contributed by atoms with Gasteiger partial charge in [-0.05, 0) is 42.3 Å². The average molecular weight is 309 g/mol. The summed E-state index contributed by atoms with van der Waals surface area (Å²) in [4.78, 5) is 11.4. The topological polar surface area (TPSA) is 80.9 Å². The lowest BCUT2D eigenvalue weighted by Crippen LogP contribution is -2.32. The monoisotopic (exact) mass is 308 g/mol. The summed E-state index contributed by atoms with van der Waals surface area (Å²) in [5.74, 6) is -0.342. The molecule has 0 amide bonds. The van der Waals surface area contributed by atoms with Gasteiger partial charge in [-0.25, -0.2) is 4.68 Å². The molecule has 1 aromatic heterocycles. The van der Waals surface area contributed by atoms with Crippen molar-refractivity contribution in [2.24, 2.45) is 5.41 Å². The molecule has 2 rings (SSSR count). The minimum Gasteiger partial charge on any atom is -0.481 e. The zero-order valence-corrected chi connectivity index (χ0v) is 12.9. The van der Waals surface area contributed by atoms with Crippen molar-refractivity contribution in [3.05, 3.63) is 28.8 Å². The van der Waals surface area contributed by atoms with Gasteiger partial charge < -0.3 is 5.11 Å². The van der Waals surface area contributed by atoms with E-state index in [9.17, 15) is 9.90 Å². The van der Waals surface area contributed by atoms with Gasteiger partial charge in [-0.2, -0.15) is 0 Å². The van der Waals surface area contributed by atoms with E-state index in [2.05, 4.69) is 15.5 Å². The maximum atomic E-state index is 11.4. The number of hydrogen-bond acceptors (Lipinski definition) is 4. The number of benzene rings is 1. The van der Waals surface area contributed by atoms with Crippen LogP contribution in [-0.2, 0) is 11.3 Å². The van der Waals surface area contributed by atoms with Gasteiger partial charge in [-0.15, -0.1) is 5.10 Å². The Labute approximate surface area is 127 Å². The molecule has 0 aliphatic rings. The van der Waals surface area contributed by atoms with E-state index in [0.717, 1.165) is 11.1 Å². The molecule has 0 fully saturated rings. The lowest BCUT2D eigenvalue weighted by molar-refractivity contribution is -0.149. The molecule has 21 heavy (non-hydrogen) atoms. The van der Waals surface area contributed by atoms with Crippen LogP contribution >= 0.6 is 11.6 Å². The first-order valence-corrected chi connectivity index (χ1v) is 7.02. The normalized spacial score (nSPS) is 13.9. The number of rotatable bonds is 5. The Kier molecular flexibility index (Phi) is 4.27. The van der Waals surface area contributed by atoms with Gasteiger partial charge in [0.2, 0.25) is 0 Å². The minimum atomic E-state index is -0.920. The molecule has 6 nitrogen and oxygen atoms in total. The Balaban J connectivity index is 2.44. The maximum Gasteiger partial charge on any atom is 0.311 e. The Bertz CT molecular complexity index is 671. The van der Waals surface area contributed by atoms with E-state index < -0.39 is 11.4 Å². The van der Waals surface area contributed by atoms with E-state index in [0.29, 0.717) is 17.3 Å². The van der Waals surface area contributed by atoms with Crippen molar-refractivity contribution in [1.29, 1.82) is 0 Å². The zero-order chi connectivity index (χ0) is 15.6. The molecule has 1 atom stereocenters. The van der Waals surface area contributed by atoms with Crippen LogP contribution in [0.5, 0.6) is 0 Å². The highest BCUT2D eigenvalue weighted by Crippen LogP contribution is 2.29. The van der Waals surface area contributed by atoms with Gasteiger partial charge in [-0.3, -0.25) is 4.79 Å². The number of carboxylic acid groups (broad SMARTS) is 1. The molecule has 112 valence electrons. The largest absolute Gasteiger partial charge is 0.481 e. The van der Waals surface area contributed by atoms with Crippen LogP contribution in [0.3, 0.4) is 0 Å². The summed E-state index contributed by atoms with van der Waals surface area (Å²) in [5.41, 5.74) is 0.747. The Morgan fingerprint density at radius 3 is 2.81 bits per heavy atom. The molecule has 0 bridgehead atoms. The molecule has 0 saturated carbocycles. The molecule has 0 spiro atoms. The van der Waals surface area contributed by atoms with Crippen LogP contribution in [0.25, 0.3) is 11.4 Å². The van der Waals surface area contributed by atoms with Crippen LogP contribution < -0.4 is 0 Å². The SMILES string of the molecule is CCC(C)(Cn1nnnc1-c1cccc(Cl)c1C)C(=O)O. The number of tetrazole rings is 1. The average Bonchev–Trinajstić information content (AvgIpc) is 2.89. The summed E-state index contributed by atoms with van der Waals surface area (Å²) < 4.78 is 1.52. The maximum absolute atomic E-state index is 11.4. The van der Waals surface area contributed by atoms with E-state index in [1.165, 1.54) is 4.68 Å². The summed E-state index contributed by atoms with van der Waals surface area (Å²) in [6, 6.07) is 5.48.